The lowest BCUT2D eigenvalue weighted by atomic mass is 9.79. The molecule has 3 heterocycles. The van der Waals surface area contributed by atoms with Crippen LogP contribution in [-0.4, -0.2) is 74.5 Å². The van der Waals surface area contributed by atoms with Crippen molar-refractivity contribution in [3.8, 4) is 0 Å². The number of amides is 1. The predicted molar refractivity (Wildman–Crippen MR) is 97.1 cm³/mol. The van der Waals surface area contributed by atoms with Gasteiger partial charge in [-0.25, -0.2) is 0 Å². The molecule has 136 valence electrons. The van der Waals surface area contributed by atoms with E-state index in [1.807, 2.05) is 7.05 Å². The minimum atomic E-state index is 0.121. The van der Waals surface area contributed by atoms with Gasteiger partial charge in [-0.05, 0) is 44.7 Å². The van der Waals surface area contributed by atoms with Crippen LogP contribution in [0.3, 0.4) is 0 Å². The highest BCUT2D eigenvalue weighted by atomic mass is 16.1. The molecule has 0 aromatic carbocycles. The molecule has 3 aliphatic rings. The fourth-order valence-electron chi connectivity index (χ4n) is 4.37. The van der Waals surface area contributed by atoms with Crippen molar-refractivity contribution in [1.82, 2.24) is 20.4 Å². The first kappa shape index (κ1) is 17.5. The van der Waals surface area contributed by atoms with Gasteiger partial charge in [0, 0.05) is 51.6 Å². The predicted octanol–water partition coefficient (Wildman–Crippen LogP) is 0.896. The molecule has 0 bridgehead atoms. The Morgan fingerprint density at radius 2 is 2.17 bits per heavy atom. The van der Waals surface area contributed by atoms with Crippen LogP contribution in [0.1, 0.15) is 39.0 Å². The van der Waals surface area contributed by atoms with E-state index in [0.29, 0.717) is 6.42 Å². The molecule has 3 fully saturated rings. The van der Waals surface area contributed by atoms with Gasteiger partial charge in [-0.1, -0.05) is 6.92 Å². The van der Waals surface area contributed by atoms with Gasteiger partial charge in [0.2, 0.25) is 5.91 Å². The molecule has 0 aromatic rings. The summed E-state index contributed by atoms with van der Waals surface area (Å²) >= 11 is 0. The van der Waals surface area contributed by atoms with E-state index in [4.69, 9.17) is 0 Å². The van der Waals surface area contributed by atoms with Gasteiger partial charge in [-0.3, -0.25) is 9.79 Å². The van der Waals surface area contributed by atoms with Crippen LogP contribution in [0, 0.1) is 11.3 Å². The van der Waals surface area contributed by atoms with E-state index in [2.05, 4.69) is 32.3 Å². The lowest BCUT2D eigenvalue weighted by Crippen LogP contribution is -2.52. The number of aliphatic imine (C=N–C) groups is 1. The van der Waals surface area contributed by atoms with Crippen LogP contribution in [0.2, 0.25) is 0 Å². The first-order valence-electron chi connectivity index (χ1n) is 9.55. The number of nitrogens with one attached hydrogen (secondary N) is 2. The fourth-order valence-corrected chi connectivity index (χ4v) is 4.37. The average Bonchev–Trinajstić information content (AvgIpc) is 2.93. The average molecular weight is 335 g/mol. The summed E-state index contributed by atoms with van der Waals surface area (Å²) in [4.78, 5) is 21.0. The minimum Gasteiger partial charge on any atom is -0.355 e. The Morgan fingerprint density at radius 3 is 2.83 bits per heavy atom. The highest BCUT2D eigenvalue weighted by Gasteiger charge is 2.42. The van der Waals surface area contributed by atoms with Gasteiger partial charge < -0.3 is 20.4 Å². The summed E-state index contributed by atoms with van der Waals surface area (Å²) in [5.41, 5.74) is 0.121. The number of rotatable bonds is 3. The molecule has 0 aliphatic carbocycles. The van der Waals surface area contributed by atoms with E-state index >= 15 is 0 Å². The Balaban J connectivity index is 1.46. The summed E-state index contributed by atoms with van der Waals surface area (Å²) < 4.78 is 0. The molecule has 1 amide bonds. The van der Waals surface area contributed by atoms with E-state index < -0.39 is 0 Å². The third-order valence-electron chi connectivity index (χ3n) is 5.96. The van der Waals surface area contributed by atoms with Crippen LogP contribution >= 0.6 is 0 Å². The molecular weight excluding hydrogens is 302 g/mol. The van der Waals surface area contributed by atoms with Crippen molar-refractivity contribution < 1.29 is 4.79 Å². The number of piperidine rings is 2. The first-order chi connectivity index (χ1) is 11.6. The van der Waals surface area contributed by atoms with Crippen LogP contribution in [0.5, 0.6) is 0 Å². The molecular formula is C18H33N5O. The van der Waals surface area contributed by atoms with Crippen molar-refractivity contribution in [1.29, 1.82) is 0 Å². The highest BCUT2D eigenvalue weighted by molar-refractivity contribution is 5.81. The Morgan fingerprint density at radius 1 is 1.38 bits per heavy atom. The highest BCUT2D eigenvalue weighted by Crippen LogP contribution is 2.35. The standard InChI is InChI=1S/C18H33N5O/c1-15-4-9-22(10-5-15)11-7-20-17(19-2)23-8-3-6-18(14-23)12-16(24)21-13-18/h15H,3-14H2,1-2H3,(H,19,20)(H,21,24). The Kier molecular flexibility index (Phi) is 5.64. The Labute approximate surface area is 146 Å². The normalized spacial score (nSPS) is 30.0. The van der Waals surface area contributed by atoms with Gasteiger partial charge in [0.25, 0.3) is 0 Å². The van der Waals surface area contributed by atoms with Gasteiger partial charge in [0.05, 0.1) is 0 Å². The number of nitrogens with zero attached hydrogens (tertiary/aromatic N) is 3. The molecule has 1 atom stereocenters. The SMILES string of the molecule is CN=C(NCCN1CCC(C)CC1)N1CCCC2(CNC(=O)C2)C1. The van der Waals surface area contributed by atoms with Crippen LogP contribution < -0.4 is 10.6 Å². The second kappa shape index (κ2) is 7.72. The molecule has 1 spiro atoms. The number of hydrogen-bond donors (Lipinski definition) is 2. The van der Waals surface area contributed by atoms with Crippen molar-refractivity contribution >= 4 is 11.9 Å². The lowest BCUT2D eigenvalue weighted by Gasteiger charge is -2.41. The van der Waals surface area contributed by atoms with E-state index in [-0.39, 0.29) is 11.3 Å². The summed E-state index contributed by atoms with van der Waals surface area (Å²) in [6.45, 7) is 9.64. The number of carbonyl (C=O) groups excluding carboxylic acids is 1. The smallest absolute Gasteiger partial charge is 0.220 e. The van der Waals surface area contributed by atoms with Crippen molar-refractivity contribution in [3.05, 3.63) is 0 Å². The topological polar surface area (TPSA) is 60.0 Å². The molecule has 24 heavy (non-hydrogen) atoms. The third kappa shape index (κ3) is 4.21. The molecule has 2 N–H and O–H groups in total. The molecule has 1 unspecified atom stereocenters. The molecule has 0 radical (unpaired) electrons. The second-order valence-corrected chi connectivity index (χ2v) is 7.98. The van der Waals surface area contributed by atoms with E-state index in [1.54, 1.807) is 0 Å². The number of guanidine groups is 1. The van der Waals surface area contributed by atoms with Crippen LogP contribution in [0.15, 0.2) is 4.99 Å². The summed E-state index contributed by atoms with van der Waals surface area (Å²) in [7, 11) is 1.87. The van der Waals surface area contributed by atoms with Gasteiger partial charge >= 0.3 is 0 Å². The van der Waals surface area contributed by atoms with Gasteiger partial charge in [-0.15, -0.1) is 0 Å². The van der Waals surface area contributed by atoms with E-state index in [1.165, 1.54) is 25.9 Å². The summed E-state index contributed by atoms with van der Waals surface area (Å²) in [5.74, 6) is 2.09. The monoisotopic (exact) mass is 335 g/mol. The Hall–Kier alpha value is -1.30. The first-order valence-corrected chi connectivity index (χ1v) is 9.55. The fraction of sp³-hybridized carbons (Fsp3) is 0.889. The van der Waals surface area contributed by atoms with Gasteiger partial charge in [-0.2, -0.15) is 0 Å². The van der Waals surface area contributed by atoms with E-state index in [0.717, 1.165) is 57.4 Å². The zero-order chi connectivity index (χ0) is 17.0. The Bertz CT molecular complexity index is 472. The maximum atomic E-state index is 11.7. The summed E-state index contributed by atoms with van der Waals surface area (Å²) in [6, 6.07) is 0. The van der Waals surface area contributed by atoms with Crippen molar-refractivity contribution in [2.45, 2.75) is 39.0 Å². The number of carbonyl (C=O) groups is 1. The van der Waals surface area contributed by atoms with Crippen LogP contribution in [0.25, 0.3) is 0 Å². The number of likely N-dealkylation sites (tertiary alicyclic amines) is 2. The van der Waals surface area contributed by atoms with E-state index in [9.17, 15) is 4.79 Å². The molecule has 3 saturated heterocycles. The molecule has 3 aliphatic heterocycles. The molecule has 0 aromatic heterocycles. The third-order valence-corrected chi connectivity index (χ3v) is 5.96. The van der Waals surface area contributed by atoms with Crippen LogP contribution in [0.4, 0.5) is 0 Å². The maximum Gasteiger partial charge on any atom is 0.220 e. The lowest BCUT2D eigenvalue weighted by molar-refractivity contribution is -0.119. The quantitative estimate of drug-likeness (QED) is 0.594. The minimum absolute atomic E-state index is 0.121. The second-order valence-electron chi connectivity index (χ2n) is 7.98. The van der Waals surface area contributed by atoms with Crippen molar-refractivity contribution in [3.63, 3.8) is 0 Å². The maximum absolute atomic E-state index is 11.7. The number of hydrogen-bond acceptors (Lipinski definition) is 3. The van der Waals surface area contributed by atoms with Crippen molar-refractivity contribution in [2.75, 3.05) is 52.9 Å². The molecule has 3 rings (SSSR count). The van der Waals surface area contributed by atoms with Gasteiger partial charge in [0.15, 0.2) is 5.96 Å². The van der Waals surface area contributed by atoms with Crippen LogP contribution in [-0.2, 0) is 4.79 Å². The van der Waals surface area contributed by atoms with Crippen molar-refractivity contribution in [2.24, 2.45) is 16.3 Å². The largest absolute Gasteiger partial charge is 0.355 e. The molecule has 6 nitrogen and oxygen atoms in total. The molecule has 0 saturated carbocycles. The molecule has 6 heteroatoms. The zero-order valence-electron chi connectivity index (χ0n) is 15.3. The van der Waals surface area contributed by atoms with Gasteiger partial charge in [0.1, 0.15) is 0 Å². The summed E-state index contributed by atoms with van der Waals surface area (Å²) in [6.07, 6.45) is 5.60. The zero-order valence-corrected chi connectivity index (χ0v) is 15.3. The summed E-state index contributed by atoms with van der Waals surface area (Å²) in [5, 5.41) is 6.56.